The van der Waals surface area contributed by atoms with Crippen molar-refractivity contribution in [2.24, 2.45) is 11.7 Å². The summed E-state index contributed by atoms with van der Waals surface area (Å²) in [6, 6.07) is 0.600. The lowest BCUT2D eigenvalue weighted by Gasteiger charge is -2.27. The van der Waals surface area contributed by atoms with Crippen LogP contribution in [0, 0.1) is 5.92 Å². The fraction of sp³-hybridized carbons (Fsp3) is 0.923. The molecule has 2 N–H and O–H groups in total. The van der Waals surface area contributed by atoms with E-state index in [0.29, 0.717) is 19.1 Å². The lowest BCUT2D eigenvalue weighted by Crippen LogP contribution is -2.48. The maximum Gasteiger partial charge on any atom is 0.325 e. The molecule has 100 valence electrons. The molecule has 0 aromatic carbocycles. The van der Waals surface area contributed by atoms with Gasteiger partial charge >= 0.3 is 5.97 Å². The number of likely N-dealkylation sites (tertiary alicyclic amines) is 1. The van der Waals surface area contributed by atoms with Gasteiger partial charge in [0.25, 0.3) is 0 Å². The topological polar surface area (TPSA) is 55.6 Å². The highest BCUT2D eigenvalue weighted by Gasteiger charge is 2.33. The number of hydrogen-bond acceptors (Lipinski definition) is 4. The zero-order valence-electron chi connectivity index (χ0n) is 11.5. The molecule has 3 unspecified atom stereocenters. The Kier molecular flexibility index (Phi) is 4.95. The zero-order valence-corrected chi connectivity index (χ0v) is 11.5. The van der Waals surface area contributed by atoms with Crippen molar-refractivity contribution in [1.29, 1.82) is 0 Å². The molecule has 1 rings (SSSR count). The summed E-state index contributed by atoms with van der Waals surface area (Å²) >= 11 is 0. The van der Waals surface area contributed by atoms with Gasteiger partial charge in [-0.05, 0) is 39.5 Å². The molecule has 0 aliphatic carbocycles. The largest absolute Gasteiger partial charge is 0.465 e. The van der Waals surface area contributed by atoms with Gasteiger partial charge in [0.15, 0.2) is 0 Å². The number of nitrogens with two attached hydrogens (primary N) is 1. The van der Waals surface area contributed by atoms with Crippen molar-refractivity contribution in [3.63, 3.8) is 0 Å². The van der Waals surface area contributed by atoms with E-state index < -0.39 is 5.54 Å². The molecule has 0 radical (unpaired) electrons. The highest BCUT2D eigenvalue weighted by atomic mass is 16.5. The average molecular weight is 242 g/mol. The monoisotopic (exact) mass is 242 g/mol. The summed E-state index contributed by atoms with van der Waals surface area (Å²) in [4.78, 5) is 14.1. The minimum Gasteiger partial charge on any atom is -0.465 e. The zero-order chi connectivity index (χ0) is 13.1. The molecule has 0 saturated carbocycles. The summed E-state index contributed by atoms with van der Waals surface area (Å²) in [6.07, 6.45) is 1.89. The third-order valence-electron chi connectivity index (χ3n) is 3.57. The Morgan fingerprint density at radius 1 is 1.53 bits per heavy atom. The van der Waals surface area contributed by atoms with E-state index in [9.17, 15) is 4.79 Å². The highest BCUT2D eigenvalue weighted by molar-refractivity contribution is 5.79. The molecule has 4 nitrogen and oxygen atoms in total. The minimum atomic E-state index is -0.860. The van der Waals surface area contributed by atoms with Crippen LogP contribution in [-0.4, -0.2) is 42.1 Å². The number of carbonyl (C=O) groups is 1. The summed E-state index contributed by atoms with van der Waals surface area (Å²) in [7, 11) is 0. The summed E-state index contributed by atoms with van der Waals surface area (Å²) < 4.78 is 4.99. The first-order valence-corrected chi connectivity index (χ1v) is 6.57. The number of carbonyl (C=O) groups excluding carboxylic acids is 1. The standard InChI is InChI=1S/C13H26N2O2/c1-5-17-12(16)13(4,14)6-7-15-9-10(2)8-11(15)3/h10-11H,5-9,14H2,1-4H3. The second-order valence-electron chi connectivity index (χ2n) is 5.57. The van der Waals surface area contributed by atoms with Gasteiger partial charge in [-0.15, -0.1) is 0 Å². The summed E-state index contributed by atoms with van der Waals surface area (Å²) in [6.45, 7) is 10.4. The van der Waals surface area contributed by atoms with Crippen LogP contribution in [-0.2, 0) is 9.53 Å². The Balaban J connectivity index is 2.41. The van der Waals surface area contributed by atoms with Crippen molar-refractivity contribution in [1.82, 2.24) is 4.90 Å². The predicted octanol–water partition coefficient (Wildman–Crippen LogP) is 1.39. The van der Waals surface area contributed by atoms with Crippen LogP contribution < -0.4 is 5.73 Å². The summed E-state index contributed by atoms with van der Waals surface area (Å²) in [5, 5.41) is 0. The molecule has 1 heterocycles. The maximum absolute atomic E-state index is 11.6. The van der Waals surface area contributed by atoms with Crippen molar-refractivity contribution in [3.8, 4) is 0 Å². The average Bonchev–Trinajstić information content (AvgIpc) is 2.55. The fourth-order valence-corrected chi connectivity index (χ4v) is 2.47. The minimum absolute atomic E-state index is 0.292. The van der Waals surface area contributed by atoms with Gasteiger partial charge in [-0.2, -0.15) is 0 Å². The van der Waals surface area contributed by atoms with Gasteiger partial charge in [-0.1, -0.05) is 6.92 Å². The SMILES string of the molecule is CCOC(=O)C(C)(N)CCN1CC(C)CC1C. The van der Waals surface area contributed by atoms with Crippen LogP contribution in [0.5, 0.6) is 0 Å². The molecule has 0 spiro atoms. The van der Waals surface area contributed by atoms with Gasteiger partial charge in [0.1, 0.15) is 5.54 Å². The number of ether oxygens (including phenoxy) is 1. The molecule has 0 amide bonds. The molecule has 3 atom stereocenters. The van der Waals surface area contributed by atoms with Crippen LogP contribution in [0.1, 0.15) is 40.5 Å². The van der Waals surface area contributed by atoms with Crippen LogP contribution in [0.3, 0.4) is 0 Å². The quantitative estimate of drug-likeness (QED) is 0.740. The maximum atomic E-state index is 11.6. The van der Waals surface area contributed by atoms with E-state index in [1.54, 1.807) is 13.8 Å². The molecule has 0 aromatic rings. The van der Waals surface area contributed by atoms with Gasteiger partial charge in [-0.25, -0.2) is 0 Å². The number of hydrogen-bond donors (Lipinski definition) is 1. The van der Waals surface area contributed by atoms with Crippen molar-refractivity contribution < 1.29 is 9.53 Å². The first-order valence-electron chi connectivity index (χ1n) is 6.57. The molecule has 1 aliphatic heterocycles. The first-order chi connectivity index (χ1) is 7.86. The lowest BCUT2D eigenvalue weighted by atomic mass is 9.99. The molecular formula is C13H26N2O2. The third kappa shape index (κ3) is 3.96. The Labute approximate surface area is 104 Å². The smallest absolute Gasteiger partial charge is 0.325 e. The van der Waals surface area contributed by atoms with E-state index in [0.717, 1.165) is 19.0 Å². The van der Waals surface area contributed by atoms with Gasteiger partial charge in [0.05, 0.1) is 6.61 Å². The Hall–Kier alpha value is -0.610. The van der Waals surface area contributed by atoms with Crippen LogP contribution >= 0.6 is 0 Å². The van der Waals surface area contributed by atoms with Gasteiger partial charge in [0.2, 0.25) is 0 Å². The third-order valence-corrected chi connectivity index (χ3v) is 3.57. The van der Waals surface area contributed by atoms with Crippen molar-refractivity contribution in [3.05, 3.63) is 0 Å². The Morgan fingerprint density at radius 2 is 2.18 bits per heavy atom. The number of nitrogens with zero attached hydrogens (tertiary/aromatic N) is 1. The molecule has 4 heteroatoms. The van der Waals surface area contributed by atoms with Gasteiger partial charge in [0, 0.05) is 19.1 Å². The molecule has 17 heavy (non-hydrogen) atoms. The van der Waals surface area contributed by atoms with Crippen LogP contribution in [0.2, 0.25) is 0 Å². The van der Waals surface area contributed by atoms with E-state index in [1.165, 1.54) is 6.42 Å². The second-order valence-corrected chi connectivity index (χ2v) is 5.57. The molecule has 0 bridgehead atoms. The number of rotatable bonds is 5. The van der Waals surface area contributed by atoms with E-state index in [1.807, 2.05) is 0 Å². The molecule has 1 aliphatic rings. The predicted molar refractivity (Wildman–Crippen MR) is 68.7 cm³/mol. The second kappa shape index (κ2) is 5.83. The van der Waals surface area contributed by atoms with Crippen molar-refractivity contribution in [2.75, 3.05) is 19.7 Å². The normalized spacial score (nSPS) is 29.0. The lowest BCUT2D eigenvalue weighted by molar-refractivity contribution is -0.149. The first kappa shape index (κ1) is 14.5. The highest BCUT2D eigenvalue weighted by Crippen LogP contribution is 2.23. The summed E-state index contributed by atoms with van der Waals surface area (Å²) in [5.74, 6) is 0.455. The van der Waals surface area contributed by atoms with Crippen LogP contribution in [0.4, 0.5) is 0 Å². The molecule has 0 aromatic heterocycles. The van der Waals surface area contributed by atoms with Crippen molar-refractivity contribution >= 4 is 5.97 Å². The van der Waals surface area contributed by atoms with E-state index in [-0.39, 0.29) is 5.97 Å². The Bertz CT molecular complexity index is 266. The molecular weight excluding hydrogens is 216 g/mol. The van der Waals surface area contributed by atoms with Crippen LogP contribution in [0.25, 0.3) is 0 Å². The van der Waals surface area contributed by atoms with Crippen molar-refractivity contribution in [2.45, 2.75) is 52.1 Å². The van der Waals surface area contributed by atoms with E-state index in [2.05, 4.69) is 18.7 Å². The van der Waals surface area contributed by atoms with Crippen LogP contribution in [0.15, 0.2) is 0 Å². The van der Waals surface area contributed by atoms with E-state index >= 15 is 0 Å². The van der Waals surface area contributed by atoms with Gasteiger partial charge < -0.3 is 15.4 Å². The fourth-order valence-electron chi connectivity index (χ4n) is 2.47. The molecule has 1 saturated heterocycles. The molecule has 1 fully saturated rings. The number of esters is 1. The summed E-state index contributed by atoms with van der Waals surface area (Å²) in [5.41, 5.74) is 5.14. The Morgan fingerprint density at radius 3 is 2.65 bits per heavy atom. The van der Waals surface area contributed by atoms with Gasteiger partial charge in [-0.3, -0.25) is 4.79 Å². The van der Waals surface area contributed by atoms with E-state index in [4.69, 9.17) is 10.5 Å².